The van der Waals surface area contributed by atoms with Gasteiger partial charge in [0, 0.05) is 26.1 Å². The van der Waals surface area contributed by atoms with Gasteiger partial charge in [-0.25, -0.2) is 0 Å². The lowest BCUT2D eigenvalue weighted by Gasteiger charge is -2.19. The smallest absolute Gasteiger partial charge is 0.306 e. The second-order valence-corrected chi connectivity index (χ2v) is 5.02. The number of aliphatic imine (C=N–C) groups is 1. The van der Waals surface area contributed by atoms with Crippen molar-refractivity contribution in [2.45, 2.75) is 39.7 Å². The van der Waals surface area contributed by atoms with Gasteiger partial charge in [-0.3, -0.25) is 9.79 Å². The van der Waals surface area contributed by atoms with Gasteiger partial charge in [0.15, 0.2) is 5.96 Å². The first kappa shape index (κ1) is 21.7. The van der Waals surface area contributed by atoms with Crippen LogP contribution < -0.4 is 5.73 Å². The van der Waals surface area contributed by atoms with Crippen LogP contribution in [0.5, 0.6) is 0 Å². The van der Waals surface area contributed by atoms with Crippen LogP contribution in [0.2, 0.25) is 0 Å². The molecule has 0 heterocycles. The first-order valence-electron chi connectivity index (χ1n) is 7.91. The molecule has 130 valence electrons. The fourth-order valence-electron chi connectivity index (χ4n) is 2.03. The lowest BCUT2D eigenvalue weighted by molar-refractivity contribution is -0.145. The van der Waals surface area contributed by atoms with Crippen molar-refractivity contribution >= 4 is 35.9 Å². The lowest BCUT2D eigenvalue weighted by atomic mass is 10.2. The molecule has 23 heavy (non-hydrogen) atoms. The van der Waals surface area contributed by atoms with Crippen molar-refractivity contribution in [3.8, 4) is 0 Å². The molecule has 0 radical (unpaired) electrons. The van der Waals surface area contributed by atoms with Crippen LogP contribution >= 0.6 is 24.0 Å². The summed E-state index contributed by atoms with van der Waals surface area (Å²) in [6.45, 7) is 6.81. The first-order valence-corrected chi connectivity index (χ1v) is 7.91. The van der Waals surface area contributed by atoms with Crippen molar-refractivity contribution in [1.82, 2.24) is 4.90 Å². The summed E-state index contributed by atoms with van der Waals surface area (Å²) in [6, 6.07) is 9.69. The van der Waals surface area contributed by atoms with Crippen molar-refractivity contribution in [3.63, 3.8) is 0 Å². The molecule has 1 aromatic rings. The predicted molar refractivity (Wildman–Crippen MR) is 105 cm³/mol. The van der Waals surface area contributed by atoms with Crippen LogP contribution in [-0.4, -0.2) is 36.5 Å². The van der Waals surface area contributed by atoms with Gasteiger partial charge in [0.2, 0.25) is 0 Å². The Balaban J connectivity index is 0.00000484. The molecule has 0 aromatic heterocycles. The highest BCUT2D eigenvalue weighted by atomic mass is 127. The molecule has 0 fully saturated rings. The summed E-state index contributed by atoms with van der Waals surface area (Å²) in [6.07, 6.45) is 2.03. The standard InChI is InChI=1S/C17H27N3O2.HI/c1-3-20(4-2)17(18)19-13-9-8-12-16(21)22-14-15-10-6-5-7-11-15;/h5-7,10-11H,3-4,8-9,12-14H2,1-2H3,(H2,18,19);1H. The minimum Gasteiger partial charge on any atom is -0.461 e. The van der Waals surface area contributed by atoms with Gasteiger partial charge in [-0.2, -0.15) is 0 Å². The van der Waals surface area contributed by atoms with Crippen LogP contribution in [0.15, 0.2) is 35.3 Å². The number of hydrogen-bond donors (Lipinski definition) is 1. The van der Waals surface area contributed by atoms with Gasteiger partial charge >= 0.3 is 5.97 Å². The molecule has 0 aliphatic carbocycles. The van der Waals surface area contributed by atoms with E-state index in [2.05, 4.69) is 18.8 Å². The Hall–Kier alpha value is -1.31. The van der Waals surface area contributed by atoms with Gasteiger partial charge in [0.1, 0.15) is 6.61 Å². The van der Waals surface area contributed by atoms with Gasteiger partial charge < -0.3 is 15.4 Å². The fourth-order valence-corrected chi connectivity index (χ4v) is 2.03. The quantitative estimate of drug-likeness (QED) is 0.214. The number of guanidine groups is 1. The van der Waals surface area contributed by atoms with E-state index in [0.717, 1.165) is 31.5 Å². The summed E-state index contributed by atoms with van der Waals surface area (Å²) < 4.78 is 5.22. The van der Waals surface area contributed by atoms with Crippen LogP contribution in [0.1, 0.15) is 38.7 Å². The van der Waals surface area contributed by atoms with Gasteiger partial charge in [-0.1, -0.05) is 30.3 Å². The highest BCUT2D eigenvalue weighted by Gasteiger charge is 2.04. The molecule has 0 bridgehead atoms. The third-order valence-electron chi connectivity index (χ3n) is 3.39. The van der Waals surface area contributed by atoms with Crippen LogP contribution in [0.3, 0.4) is 0 Å². The number of carbonyl (C=O) groups excluding carboxylic acids is 1. The van der Waals surface area contributed by atoms with Gasteiger partial charge in [0.25, 0.3) is 0 Å². The van der Waals surface area contributed by atoms with E-state index in [4.69, 9.17) is 10.5 Å². The molecule has 0 unspecified atom stereocenters. The summed E-state index contributed by atoms with van der Waals surface area (Å²) in [5, 5.41) is 0. The highest BCUT2D eigenvalue weighted by Crippen LogP contribution is 2.04. The lowest BCUT2D eigenvalue weighted by Crippen LogP contribution is -2.37. The summed E-state index contributed by atoms with van der Waals surface area (Å²) in [5.74, 6) is 0.418. The van der Waals surface area contributed by atoms with Crippen molar-refractivity contribution < 1.29 is 9.53 Å². The van der Waals surface area contributed by atoms with E-state index in [0.29, 0.717) is 25.5 Å². The van der Waals surface area contributed by atoms with Crippen molar-refractivity contribution in [2.75, 3.05) is 19.6 Å². The summed E-state index contributed by atoms with van der Waals surface area (Å²) in [5.41, 5.74) is 6.88. The van der Waals surface area contributed by atoms with Crippen LogP contribution in [0.4, 0.5) is 0 Å². The van der Waals surface area contributed by atoms with E-state index in [1.54, 1.807) is 0 Å². The van der Waals surface area contributed by atoms with Crippen LogP contribution in [0, 0.1) is 0 Å². The Bertz CT molecular complexity index is 462. The zero-order valence-corrected chi connectivity index (χ0v) is 16.4. The third kappa shape index (κ3) is 9.43. The number of benzene rings is 1. The largest absolute Gasteiger partial charge is 0.461 e. The van der Waals surface area contributed by atoms with Gasteiger partial charge in [0.05, 0.1) is 0 Å². The van der Waals surface area contributed by atoms with E-state index in [1.807, 2.05) is 35.2 Å². The average Bonchev–Trinajstić information content (AvgIpc) is 2.54. The third-order valence-corrected chi connectivity index (χ3v) is 3.39. The molecule has 5 nitrogen and oxygen atoms in total. The second kappa shape index (κ2) is 13.2. The maximum Gasteiger partial charge on any atom is 0.306 e. The minimum atomic E-state index is -0.162. The van der Waals surface area contributed by atoms with Crippen molar-refractivity contribution in [1.29, 1.82) is 0 Å². The number of ether oxygens (including phenoxy) is 1. The van der Waals surface area contributed by atoms with Crippen LogP contribution in [-0.2, 0) is 16.1 Å². The maximum absolute atomic E-state index is 11.6. The predicted octanol–water partition coefficient (Wildman–Crippen LogP) is 3.17. The number of nitrogens with two attached hydrogens (primary N) is 1. The molecule has 0 atom stereocenters. The van der Waals surface area contributed by atoms with E-state index in [1.165, 1.54) is 0 Å². The van der Waals surface area contributed by atoms with E-state index in [-0.39, 0.29) is 29.9 Å². The van der Waals surface area contributed by atoms with E-state index < -0.39 is 0 Å². The molecule has 0 saturated carbocycles. The first-order chi connectivity index (χ1) is 10.7. The number of nitrogens with zero attached hydrogens (tertiary/aromatic N) is 2. The molecule has 0 saturated heterocycles. The fraction of sp³-hybridized carbons (Fsp3) is 0.529. The molecule has 0 aliphatic rings. The topological polar surface area (TPSA) is 67.9 Å². The zero-order chi connectivity index (χ0) is 16.2. The minimum absolute atomic E-state index is 0. The number of halogens is 1. The Morgan fingerprint density at radius 2 is 1.83 bits per heavy atom. The zero-order valence-electron chi connectivity index (χ0n) is 14.0. The van der Waals surface area contributed by atoms with Gasteiger partial charge in [-0.15, -0.1) is 24.0 Å². The van der Waals surface area contributed by atoms with E-state index in [9.17, 15) is 4.79 Å². The monoisotopic (exact) mass is 433 g/mol. The summed E-state index contributed by atoms with van der Waals surface area (Å²) >= 11 is 0. The highest BCUT2D eigenvalue weighted by molar-refractivity contribution is 14.0. The Kier molecular flexibility index (Phi) is 12.4. The Morgan fingerprint density at radius 3 is 2.43 bits per heavy atom. The molecular formula is C17H28IN3O2. The SMILES string of the molecule is CCN(CC)C(N)=NCCCCC(=O)OCc1ccccc1.I. The van der Waals surface area contributed by atoms with Gasteiger partial charge in [-0.05, 0) is 32.3 Å². The Labute approximate surface area is 156 Å². The van der Waals surface area contributed by atoms with Crippen molar-refractivity contribution in [3.05, 3.63) is 35.9 Å². The summed E-state index contributed by atoms with van der Waals surface area (Å²) in [7, 11) is 0. The molecular weight excluding hydrogens is 405 g/mol. The molecule has 0 spiro atoms. The van der Waals surface area contributed by atoms with Crippen molar-refractivity contribution in [2.24, 2.45) is 10.7 Å². The second-order valence-electron chi connectivity index (χ2n) is 5.02. The number of unbranched alkanes of at least 4 members (excludes halogenated alkanes) is 1. The molecule has 6 heteroatoms. The molecule has 1 rings (SSSR count). The van der Waals surface area contributed by atoms with E-state index >= 15 is 0 Å². The molecule has 0 amide bonds. The number of rotatable bonds is 9. The van der Waals surface area contributed by atoms with Crippen LogP contribution in [0.25, 0.3) is 0 Å². The average molecular weight is 433 g/mol. The molecule has 2 N–H and O–H groups in total. The number of hydrogen-bond acceptors (Lipinski definition) is 3. The molecule has 0 aliphatic heterocycles. The number of esters is 1. The molecule has 1 aromatic carbocycles. The maximum atomic E-state index is 11.6. The normalized spacial score (nSPS) is 10.8. The Morgan fingerprint density at radius 1 is 1.17 bits per heavy atom. The number of carbonyl (C=O) groups is 1. The summed E-state index contributed by atoms with van der Waals surface area (Å²) in [4.78, 5) is 18.0.